The molecule has 0 N–H and O–H groups in total. The number of para-hydroxylation sites is 1. The number of hydrogen-bond donors (Lipinski definition) is 0. The van der Waals surface area contributed by atoms with Crippen molar-refractivity contribution in [3.63, 3.8) is 0 Å². The Morgan fingerprint density at radius 3 is 2.91 bits per heavy atom. The molecule has 2 unspecified atom stereocenters. The molecular formula is C17H16ClN3O2. The van der Waals surface area contributed by atoms with E-state index in [1.54, 1.807) is 35.3 Å². The molecule has 0 saturated heterocycles. The molecule has 5 nitrogen and oxygen atoms in total. The van der Waals surface area contributed by atoms with Crippen LogP contribution in [-0.4, -0.2) is 26.1 Å². The Hall–Kier alpha value is -2.40. The number of aromatic nitrogens is 3. The molecule has 1 aromatic carbocycles. The summed E-state index contributed by atoms with van der Waals surface area (Å²) in [4.78, 5) is 16.8. The van der Waals surface area contributed by atoms with E-state index in [2.05, 4.69) is 10.1 Å². The third kappa shape index (κ3) is 2.80. The quantitative estimate of drug-likeness (QED) is 0.843. The van der Waals surface area contributed by atoms with Crippen LogP contribution in [-0.2, 0) is 4.79 Å². The zero-order chi connectivity index (χ0) is 16.3. The van der Waals surface area contributed by atoms with Crippen molar-refractivity contribution >= 4 is 17.4 Å². The van der Waals surface area contributed by atoms with Gasteiger partial charge in [0, 0.05) is 6.42 Å². The van der Waals surface area contributed by atoms with Gasteiger partial charge in [0.15, 0.2) is 5.78 Å². The predicted molar refractivity (Wildman–Crippen MR) is 87.4 cm³/mol. The molecule has 118 valence electrons. The Bertz CT molecular complexity index is 755. The van der Waals surface area contributed by atoms with Crippen molar-refractivity contribution in [1.82, 2.24) is 14.8 Å². The minimum absolute atomic E-state index is 0.0569. The van der Waals surface area contributed by atoms with E-state index in [-0.39, 0.29) is 5.78 Å². The summed E-state index contributed by atoms with van der Waals surface area (Å²) in [5, 5.41) is 4.63. The van der Waals surface area contributed by atoms with Crippen LogP contribution in [0.25, 0.3) is 0 Å². The highest BCUT2D eigenvalue weighted by atomic mass is 35.5. The van der Waals surface area contributed by atoms with Crippen LogP contribution in [0, 0.1) is 0 Å². The summed E-state index contributed by atoms with van der Waals surface area (Å²) in [6.07, 6.45) is 10.6. The van der Waals surface area contributed by atoms with E-state index in [0.717, 1.165) is 0 Å². The molecule has 0 fully saturated rings. The van der Waals surface area contributed by atoms with Crippen molar-refractivity contribution in [3.05, 3.63) is 66.2 Å². The van der Waals surface area contributed by atoms with Gasteiger partial charge in [0.25, 0.3) is 0 Å². The van der Waals surface area contributed by atoms with E-state index in [1.165, 1.54) is 6.33 Å². The molecule has 23 heavy (non-hydrogen) atoms. The fourth-order valence-electron chi connectivity index (χ4n) is 2.65. The van der Waals surface area contributed by atoms with Crippen molar-refractivity contribution in [1.29, 1.82) is 0 Å². The Morgan fingerprint density at radius 2 is 2.22 bits per heavy atom. The van der Waals surface area contributed by atoms with Gasteiger partial charge in [-0.1, -0.05) is 48.9 Å². The van der Waals surface area contributed by atoms with Crippen LogP contribution in [0.2, 0.25) is 5.02 Å². The first-order valence-corrected chi connectivity index (χ1v) is 7.72. The molecule has 2 aromatic rings. The predicted octanol–water partition coefficient (Wildman–Crippen LogP) is 3.40. The topological polar surface area (TPSA) is 57.0 Å². The van der Waals surface area contributed by atoms with Crippen molar-refractivity contribution in [2.45, 2.75) is 25.0 Å². The van der Waals surface area contributed by atoms with Crippen LogP contribution < -0.4 is 4.74 Å². The molecule has 0 radical (unpaired) electrons. The van der Waals surface area contributed by atoms with Crippen molar-refractivity contribution in [2.75, 3.05) is 0 Å². The summed E-state index contributed by atoms with van der Waals surface area (Å²) >= 11 is 6.21. The summed E-state index contributed by atoms with van der Waals surface area (Å²) in [6.45, 7) is 1.81. The lowest BCUT2D eigenvalue weighted by Crippen LogP contribution is -2.50. The largest absolute Gasteiger partial charge is 0.471 e. The highest BCUT2D eigenvalue weighted by Crippen LogP contribution is 2.37. The van der Waals surface area contributed by atoms with Crippen LogP contribution >= 0.6 is 11.6 Å². The van der Waals surface area contributed by atoms with Crippen LogP contribution in [0.4, 0.5) is 0 Å². The number of ketones is 1. The third-order valence-corrected chi connectivity index (χ3v) is 4.09. The molecular weight excluding hydrogens is 314 g/mol. The number of Topliss-reactive ketones (excluding diaryl/α,β-unsaturated/α-hetero) is 1. The number of rotatable bonds is 5. The maximum atomic E-state index is 12.8. The van der Waals surface area contributed by atoms with Crippen LogP contribution in [0.3, 0.4) is 0 Å². The second-order valence-corrected chi connectivity index (χ2v) is 5.57. The molecule has 3 rings (SSSR count). The first-order valence-electron chi connectivity index (χ1n) is 7.34. The first kappa shape index (κ1) is 15.5. The molecule has 0 amide bonds. The van der Waals surface area contributed by atoms with Gasteiger partial charge >= 0.3 is 0 Å². The number of hydrogen-bond acceptors (Lipinski definition) is 4. The zero-order valence-electron chi connectivity index (χ0n) is 12.6. The van der Waals surface area contributed by atoms with Gasteiger partial charge in [-0.3, -0.25) is 4.79 Å². The molecule has 1 aromatic heterocycles. The van der Waals surface area contributed by atoms with Gasteiger partial charge < -0.3 is 4.74 Å². The second kappa shape index (κ2) is 6.38. The fraction of sp³-hybridized carbons (Fsp3) is 0.235. The van der Waals surface area contributed by atoms with Crippen molar-refractivity contribution < 1.29 is 9.53 Å². The number of halogens is 1. The average Bonchev–Trinajstić information content (AvgIpc) is 3.11. The number of allylic oxidation sites excluding steroid dienone is 2. The van der Waals surface area contributed by atoms with Gasteiger partial charge in [-0.2, -0.15) is 5.10 Å². The van der Waals surface area contributed by atoms with E-state index in [1.807, 2.05) is 31.2 Å². The summed E-state index contributed by atoms with van der Waals surface area (Å²) in [7, 11) is 0. The van der Waals surface area contributed by atoms with Crippen LogP contribution in [0.5, 0.6) is 5.75 Å². The highest BCUT2D eigenvalue weighted by Gasteiger charge is 2.46. The molecule has 0 aliphatic heterocycles. The number of benzene rings is 1. The van der Waals surface area contributed by atoms with Crippen molar-refractivity contribution in [3.8, 4) is 5.75 Å². The lowest BCUT2D eigenvalue weighted by Gasteiger charge is -2.37. The monoisotopic (exact) mass is 329 g/mol. The minimum Gasteiger partial charge on any atom is -0.471 e. The second-order valence-electron chi connectivity index (χ2n) is 5.17. The average molecular weight is 330 g/mol. The lowest BCUT2D eigenvalue weighted by molar-refractivity contribution is -0.133. The summed E-state index contributed by atoms with van der Waals surface area (Å²) in [5.41, 5.74) is -1.21. The van der Waals surface area contributed by atoms with E-state index in [9.17, 15) is 4.79 Å². The summed E-state index contributed by atoms with van der Waals surface area (Å²) in [5.74, 6) is 0.402. The van der Waals surface area contributed by atoms with Crippen LogP contribution in [0.1, 0.15) is 19.4 Å². The smallest absolute Gasteiger partial charge is 0.211 e. The Morgan fingerprint density at radius 1 is 1.39 bits per heavy atom. The maximum absolute atomic E-state index is 12.8. The van der Waals surface area contributed by atoms with Crippen molar-refractivity contribution in [2.24, 2.45) is 0 Å². The van der Waals surface area contributed by atoms with Gasteiger partial charge in [0.2, 0.25) is 5.60 Å². The normalized spacial score (nSPS) is 23.0. The van der Waals surface area contributed by atoms with Gasteiger partial charge in [-0.25, -0.2) is 9.67 Å². The highest BCUT2D eigenvalue weighted by molar-refractivity contribution is 6.32. The minimum atomic E-state index is -1.21. The number of ether oxygens (including phenoxy) is 1. The van der Waals surface area contributed by atoms with Gasteiger partial charge in [0.05, 0.1) is 5.02 Å². The fourth-order valence-corrected chi connectivity index (χ4v) is 2.82. The molecule has 1 aliphatic rings. The number of carbonyl (C=O) groups excluding carboxylic acids is 1. The lowest BCUT2D eigenvalue weighted by atomic mass is 9.84. The molecule has 0 spiro atoms. The van der Waals surface area contributed by atoms with E-state index in [4.69, 9.17) is 16.3 Å². The Kier molecular flexibility index (Phi) is 4.30. The van der Waals surface area contributed by atoms with Gasteiger partial charge in [-0.05, 0) is 18.2 Å². The zero-order valence-corrected chi connectivity index (χ0v) is 13.3. The molecule has 0 bridgehead atoms. The Balaban J connectivity index is 2.09. The van der Waals surface area contributed by atoms with E-state index < -0.39 is 11.6 Å². The molecule has 1 heterocycles. The van der Waals surface area contributed by atoms with Gasteiger partial charge in [0.1, 0.15) is 24.4 Å². The van der Waals surface area contributed by atoms with Crippen LogP contribution in [0.15, 0.2) is 61.2 Å². The number of carbonyl (C=O) groups is 1. The molecule has 2 atom stereocenters. The standard InChI is InChI=1S/C17H16ClN3O2/c1-2-16(22)17(23-14-8-4-3-7-13(14)18)10-6-5-9-15(17)21-12-19-11-20-21/h3-12,15H,2H2,1H3. The van der Waals surface area contributed by atoms with E-state index >= 15 is 0 Å². The Labute approximate surface area is 139 Å². The molecule has 1 aliphatic carbocycles. The van der Waals surface area contributed by atoms with Gasteiger partial charge in [-0.15, -0.1) is 0 Å². The summed E-state index contributed by atoms with van der Waals surface area (Å²) < 4.78 is 7.77. The SMILES string of the molecule is CCC(=O)C1(Oc2ccccc2Cl)C=CC=CC1n1cncn1. The third-order valence-electron chi connectivity index (χ3n) is 3.78. The maximum Gasteiger partial charge on any atom is 0.211 e. The number of nitrogens with zero attached hydrogens (tertiary/aromatic N) is 3. The summed E-state index contributed by atoms with van der Waals surface area (Å²) in [6, 6.07) is 6.68. The molecule has 0 saturated carbocycles. The molecule has 6 heteroatoms. The first-order chi connectivity index (χ1) is 11.2. The van der Waals surface area contributed by atoms with E-state index in [0.29, 0.717) is 17.2 Å².